The highest BCUT2D eigenvalue weighted by Gasteiger charge is 2.00. The number of carbonyl (C=O) groups excluding carboxylic acids is 2. The molecule has 0 aliphatic heterocycles. The van der Waals surface area contributed by atoms with E-state index in [0.717, 1.165) is 12.3 Å². The Morgan fingerprint density at radius 3 is 2.00 bits per heavy atom. The van der Waals surface area contributed by atoms with Crippen LogP contribution in [0, 0.1) is 0 Å². The lowest BCUT2D eigenvalue weighted by Crippen LogP contribution is -2.20. The topological polar surface area (TPSA) is 86.2 Å². The van der Waals surface area contributed by atoms with Crippen LogP contribution in [0.4, 0.5) is 0 Å². The molecule has 0 atom stereocenters. The maximum absolute atomic E-state index is 10.1. The van der Waals surface area contributed by atoms with Crippen molar-refractivity contribution in [1.29, 1.82) is 0 Å². The highest BCUT2D eigenvalue weighted by Crippen LogP contribution is 1.68. The number of rotatable bonds is 2. The van der Waals surface area contributed by atoms with Crippen LogP contribution in [0.15, 0.2) is 12.3 Å². The molecular formula is C4H6N2O2. The van der Waals surface area contributed by atoms with Gasteiger partial charge in [-0.05, 0) is 6.20 Å². The van der Waals surface area contributed by atoms with Crippen LogP contribution in [0.3, 0.4) is 0 Å². The summed E-state index contributed by atoms with van der Waals surface area (Å²) < 4.78 is 0. The van der Waals surface area contributed by atoms with Crippen LogP contribution in [0.5, 0.6) is 0 Å². The molecule has 0 fully saturated rings. The van der Waals surface area contributed by atoms with Crippen molar-refractivity contribution >= 4 is 11.7 Å². The third kappa shape index (κ3) is 1.96. The average Bonchev–Trinajstić information content (AvgIpc) is 1.67. The molecule has 0 aliphatic rings. The monoisotopic (exact) mass is 114 g/mol. The zero-order valence-corrected chi connectivity index (χ0v) is 4.13. The second kappa shape index (κ2) is 2.79. The minimum absolute atomic E-state index is 0.785. The van der Waals surface area contributed by atoms with E-state index in [1.54, 1.807) is 0 Å². The molecule has 0 spiro atoms. The van der Waals surface area contributed by atoms with Gasteiger partial charge in [-0.25, -0.2) is 0 Å². The fourth-order valence-electron chi connectivity index (χ4n) is 0.170. The van der Waals surface area contributed by atoms with E-state index < -0.39 is 11.7 Å². The number of primary amides is 1. The lowest BCUT2D eigenvalue weighted by molar-refractivity contribution is -0.133. The first kappa shape index (κ1) is 6.68. The molecule has 0 heterocycles. The van der Waals surface area contributed by atoms with Crippen molar-refractivity contribution in [2.75, 3.05) is 0 Å². The predicted molar refractivity (Wildman–Crippen MR) is 27.5 cm³/mol. The highest BCUT2D eigenvalue weighted by molar-refractivity contribution is 6.40. The number of nitrogens with two attached hydrogens (primary N) is 2. The first-order chi connectivity index (χ1) is 3.68. The summed E-state index contributed by atoms with van der Waals surface area (Å²) >= 11 is 0. The molecule has 0 saturated heterocycles. The summed E-state index contributed by atoms with van der Waals surface area (Å²) in [7, 11) is 0. The van der Waals surface area contributed by atoms with Gasteiger partial charge in [0.2, 0.25) is 5.78 Å². The highest BCUT2D eigenvalue weighted by atomic mass is 16.2. The predicted octanol–water partition coefficient (Wildman–Crippen LogP) is -1.49. The van der Waals surface area contributed by atoms with Crippen molar-refractivity contribution in [3.05, 3.63) is 12.3 Å². The summed E-state index contributed by atoms with van der Waals surface area (Å²) in [6.07, 6.45) is 1.87. The van der Waals surface area contributed by atoms with Gasteiger partial charge in [0.15, 0.2) is 0 Å². The van der Waals surface area contributed by atoms with Gasteiger partial charge in [0.05, 0.1) is 0 Å². The Hall–Kier alpha value is -1.32. The van der Waals surface area contributed by atoms with Gasteiger partial charge < -0.3 is 11.5 Å². The molecule has 0 aliphatic carbocycles. The second-order valence-corrected chi connectivity index (χ2v) is 1.09. The minimum atomic E-state index is -0.994. The van der Waals surface area contributed by atoms with Crippen LogP contribution in [0.1, 0.15) is 0 Å². The Morgan fingerprint density at radius 1 is 1.38 bits per heavy atom. The summed E-state index contributed by atoms with van der Waals surface area (Å²) in [5.74, 6) is -1.78. The summed E-state index contributed by atoms with van der Waals surface area (Å²) in [5, 5.41) is 0. The Labute approximate surface area is 46.1 Å². The second-order valence-electron chi connectivity index (χ2n) is 1.09. The normalized spacial score (nSPS) is 9.50. The van der Waals surface area contributed by atoms with Gasteiger partial charge in [-0.2, -0.15) is 0 Å². The molecule has 0 unspecified atom stereocenters. The van der Waals surface area contributed by atoms with Gasteiger partial charge in [-0.15, -0.1) is 0 Å². The summed E-state index contributed by atoms with van der Waals surface area (Å²) in [6.45, 7) is 0. The van der Waals surface area contributed by atoms with Crippen molar-refractivity contribution in [3.8, 4) is 0 Å². The van der Waals surface area contributed by atoms with Crippen LogP contribution in [0.2, 0.25) is 0 Å². The standard InChI is InChI=1S/C4H6N2O2/c5-2-1-3(7)4(6)8/h1-2H,5H2,(H2,6,8)/b2-1+. The molecule has 0 aromatic heterocycles. The fraction of sp³-hybridized carbons (Fsp3) is 0. The molecule has 0 radical (unpaired) electrons. The first-order valence-electron chi connectivity index (χ1n) is 1.90. The fourth-order valence-corrected chi connectivity index (χ4v) is 0.170. The van der Waals surface area contributed by atoms with Crippen molar-refractivity contribution in [2.24, 2.45) is 11.5 Å². The van der Waals surface area contributed by atoms with Crippen LogP contribution in [0.25, 0.3) is 0 Å². The Bertz CT molecular complexity index is 139. The number of amides is 1. The van der Waals surface area contributed by atoms with Crippen molar-refractivity contribution in [1.82, 2.24) is 0 Å². The lowest BCUT2D eigenvalue weighted by Gasteiger charge is -1.79. The van der Waals surface area contributed by atoms with Gasteiger partial charge in [0.25, 0.3) is 5.91 Å². The number of carbonyl (C=O) groups is 2. The molecule has 0 rings (SSSR count). The van der Waals surface area contributed by atoms with E-state index in [-0.39, 0.29) is 0 Å². The molecule has 1 amide bonds. The third-order valence-electron chi connectivity index (χ3n) is 0.490. The summed E-state index contributed by atoms with van der Waals surface area (Å²) in [6, 6.07) is 0. The van der Waals surface area contributed by atoms with E-state index in [4.69, 9.17) is 5.73 Å². The molecule has 4 N–H and O–H groups in total. The average molecular weight is 114 g/mol. The van der Waals surface area contributed by atoms with Crippen LogP contribution >= 0.6 is 0 Å². The van der Waals surface area contributed by atoms with Gasteiger partial charge >= 0.3 is 0 Å². The van der Waals surface area contributed by atoms with Crippen LogP contribution < -0.4 is 11.5 Å². The lowest BCUT2D eigenvalue weighted by atomic mass is 10.4. The Kier molecular flexibility index (Phi) is 2.33. The van der Waals surface area contributed by atoms with Gasteiger partial charge in [-0.3, -0.25) is 9.59 Å². The van der Waals surface area contributed by atoms with Gasteiger partial charge in [-0.1, -0.05) is 0 Å². The van der Waals surface area contributed by atoms with E-state index >= 15 is 0 Å². The smallest absolute Gasteiger partial charge is 0.289 e. The molecule has 4 nitrogen and oxygen atoms in total. The van der Waals surface area contributed by atoms with Crippen molar-refractivity contribution < 1.29 is 9.59 Å². The number of hydrogen-bond donors (Lipinski definition) is 2. The Balaban J connectivity index is 3.85. The van der Waals surface area contributed by atoms with Crippen molar-refractivity contribution in [2.45, 2.75) is 0 Å². The number of hydrogen-bond acceptors (Lipinski definition) is 3. The zero-order valence-electron chi connectivity index (χ0n) is 4.13. The Morgan fingerprint density at radius 2 is 1.88 bits per heavy atom. The van der Waals surface area contributed by atoms with Gasteiger partial charge in [0.1, 0.15) is 0 Å². The van der Waals surface area contributed by atoms with E-state index in [0.29, 0.717) is 0 Å². The van der Waals surface area contributed by atoms with E-state index in [9.17, 15) is 9.59 Å². The molecule has 0 aromatic carbocycles. The van der Waals surface area contributed by atoms with Gasteiger partial charge in [0, 0.05) is 6.08 Å². The number of ketones is 1. The first-order valence-corrected chi connectivity index (χ1v) is 1.90. The van der Waals surface area contributed by atoms with Crippen molar-refractivity contribution in [3.63, 3.8) is 0 Å². The summed E-state index contributed by atoms with van der Waals surface area (Å²) in [4.78, 5) is 20.0. The SMILES string of the molecule is N/C=C/C(=O)C(N)=O. The molecule has 8 heavy (non-hydrogen) atoms. The molecular weight excluding hydrogens is 108 g/mol. The van der Waals surface area contributed by atoms with E-state index in [2.05, 4.69) is 5.73 Å². The molecule has 0 bridgehead atoms. The van der Waals surface area contributed by atoms with Crippen LogP contribution in [-0.4, -0.2) is 11.7 Å². The molecule has 4 heteroatoms. The van der Waals surface area contributed by atoms with Crippen LogP contribution in [-0.2, 0) is 9.59 Å². The largest absolute Gasteiger partial charge is 0.404 e. The molecule has 44 valence electrons. The third-order valence-corrected chi connectivity index (χ3v) is 0.490. The maximum Gasteiger partial charge on any atom is 0.289 e. The van der Waals surface area contributed by atoms with E-state index in [1.807, 2.05) is 0 Å². The molecule has 0 aromatic rings. The zero-order chi connectivity index (χ0) is 6.57. The minimum Gasteiger partial charge on any atom is -0.404 e. The quantitative estimate of drug-likeness (QED) is 0.339. The maximum atomic E-state index is 10.1. The van der Waals surface area contributed by atoms with E-state index in [1.165, 1.54) is 0 Å². The summed E-state index contributed by atoms with van der Waals surface area (Å²) in [5.41, 5.74) is 9.28. The molecule has 0 saturated carbocycles.